The number of para-hydroxylation sites is 1. The van der Waals surface area contributed by atoms with Crippen molar-refractivity contribution in [1.29, 1.82) is 0 Å². The number of carbonyl (C=O) groups is 2. The van der Waals surface area contributed by atoms with Gasteiger partial charge in [0.1, 0.15) is 5.60 Å². The highest BCUT2D eigenvalue weighted by Gasteiger charge is 2.27. The molecule has 1 fully saturated rings. The number of H-pyrrole nitrogens is 1. The van der Waals surface area contributed by atoms with Crippen LogP contribution >= 0.6 is 0 Å². The molecule has 2 heterocycles. The average Bonchev–Trinajstić information content (AvgIpc) is 2.97. The van der Waals surface area contributed by atoms with E-state index in [0.29, 0.717) is 19.5 Å². The van der Waals surface area contributed by atoms with Crippen molar-refractivity contribution >= 4 is 22.9 Å². The number of rotatable bonds is 3. The molecule has 1 aromatic heterocycles. The zero-order valence-corrected chi connectivity index (χ0v) is 15.7. The van der Waals surface area contributed by atoms with Gasteiger partial charge in [0, 0.05) is 36.2 Å². The second-order valence-corrected chi connectivity index (χ2v) is 7.85. The molecule has 1 saturated heterocycles. The number of nitrogens with zero attached hydrogens (tertiary/aromatic N) is 1. The Bertz CT molecular complexity index is 783. The second kappa shape index (κ2) is 7.40. The summed E-state index contributed by atoms with van der Waals surface area (Å²) in [6, 6.07) is 8.08. The molecule has 6 nitrogen and oxygen atoms in total. The van der Waals surface area contributed by atoms with Gasteiger partial charge in [0.05, 0.1) is 6.42 Å². The summed E-state index contributed by atoms with van der Waals surface area (Å²) < 4.78 is 5.40. The number of benzene rings is 1. The molecule has 140 valence electrons. The number of aromatic amines is 1. The van der Waals surface area contributed by atoms with Crippen LogP contribution in [-0.4, -0.2) is 46.6 Å². The number of hydrogen-bond donors (Lipinski definition) is 2. The van der Waals surface area contributed by atoms with Gasteiger partial charge in [-0.05, 0) is 45.2 Å². The van der Waals surface area contributed by atoms with Crippen LogP contribution in [0.3, 0.4) is 0 Å². The smallest absolute Gasteiger partial charge is 0.410 e. The highest BCUT2D eigenvalue weighted by molar-refractivity contribution is 5.88. The normalized spacial score (nSPS) is 15.9. The topological polar surface area (TPSA) is 74.4 Å². The summed E-state index contributed by atoms with van der Waals surface area (Å²) in [7, 11) is 0. The Morgan fingerprint density at radius 1 is 1.23 bits per heavy atom. The Morgan fingerprint density at radius 3 is 2.62 bits per heavy atom. The Kier molecular flexibility index (Phi) is 5.20. The Hall–Kier alpha value is -2.50. The van der Waals surface area contributed by atoms with E-state index in [-0.39, 0.29) is 18.0 Å². The van der Waals surface area contributed by atoms with E-state index in [1.807, 2.05) is 51.2 Å². The Balaban J connectivity index is 1.48. The molecule has 1 aromatic carbocycles. The lowest BCUT2D eigenvalue weighted by Crippen LogP contribution is -2.48. The van der Waals surface area contributed by atoms with E-state index < -0.39 is 5.60 Å². The first-order chi connectivity index (χ1) is 12.3. The standard InChI is InChI=1S/C20H27N3O3/c1-20(2,3)26-19(25)23-10-8-15(9-11-23)22-18(24)12-14-13-21-17-7-5-4-6-16(14)17/h4-7,13,15,21H,8-12H2,1-3H3,(H,22,24). The maximum absolute atomic E-state index is 12.4. The van der Waals surface area contributed by atoms with Crippen molar-refractivity contribution < 1.29 is 14.3 Å². The minimum atomic E-state index is -0.485. The third-order valence-electron chi connectivity index (χ3n) is 4.54. The van der Waals surface area contributed by atoms with Crippen molar-refractivity contribution in [2.45, 2.75) is 51.7 Å². The summed E-state index contributed by atoms with van der Waals surface area (Å²) >= 11 is 0. The first-order valence-corrected chi connectivity index (χ1v) is 9.14. The molecule has 1 aliphatic heterocycles. The molecule has 2 N–H and O–H groups in total. The number of amides is 2. The summed E-state index contributed by atoms with van der Waals surface area (Å²) in [5.41, 5.74) is 1.56. The molecule has 0 radical (unpaired) electrons. The van der Waals surface area contributed by atoms with Crippen LogP contribution in [0.15, 0.2) is 30.5 Å². The second-order valence-electron chi connectivity index (χ2n) is 7.85. The van der Waals surface area contributed by atoms with Gasteiger partial charge < -0.3 is 19.9 Å². The first kappa shape index (κ1) is 18.3. The fourth-order valence-corrected chi connectivity index (χ4v) is 3.26. The van der Waals surface area contributed by atoms with Crippen LogP contribution in [0.1, 0.15) is 39.2 Å². The number of ether oxygens (including phenoxy) is 1. The molecule has 0 unspecified atom stereocenters. The molecule has 0 spiro atoms. The summed E-state index contributed by atoms with van der Waals surface area (Å²) in [5, 5.41) is 4.18. The number of piperidine rings is 1. The van der Waals surface area contributed by atoms with Crippen LogP contribution in [0.2, 0.25) is 0 Å². The zero-order valence-electron chi connectivity index (χ0n) is 15.7. The van der Waals surface area contributed by atoms with Crippen LogP contribution in [0, 0.1) is 0 Å². The van der Waals surface area contributed by atoms with Gasteiger partial charge in [-0.3, -0.25) is 4.79 Å². The van der Waals surface area contributed by atoms with Crippen LogP contribution < -0.4 is 5.32 Å². The van der Waals surface area contributed by atoms with Crippen molar-refractivity contribution in [3.8, 4) is 0 Å². The number of nitrogens with one attached hydrogen (secondary N) is 2. The van der Waals surface area contributed by atoms with Gasteiger partial charge in [-0.15, -0.1) is 0 Å². The average molecular weight is 357 g/mol. The van der Waals surface area contributed by atoms with E-state index >= 15 is 0 Å². The molecule has 0 bridgehead atoms. The molecule has 3 rings (SSSR count). The Morgan fingerprint density at radius 2 is 1.92 bits per heavy atom. The summed E-state index contributed by atoms with van der Waals surface area (Å²) in [6.07, 6.45) is 3.48. The molecule has 0 atom stereocenters. The minimum absolute atomic E-state index is 0.0190. The molecule has 2 amide bonds. The van der Waals surface area contributed by atoms with Crippen molar-refractivity contribution in [3.05, 3.63) is 36.0 Å². The summed E-state index contributed by atoms with van der Waals surface area (Å²) in [6.45, 7) is 6.80. The maximum Gasteiger partial charge on any atom is 0.410 e. The Labute approximate surface area is 153 Å². The van der Waals surface area contributed by atoms with Crippen LogP contribution in [0.5, 0.6) is 0 Å². The molecular weight excluding hydrogens is 330 g/mol. The van der Waals surface area contributed by atoms with E-state index in [2.05, 4.69) is 10.3 Å². The lowest BCUT2D eigenvalue weighted by Gasteiger charge is -2.33. The first-order valence-electron chi connectivity index (χ1n) is 9.14. The van der Waals surface area contributed by atoms with Gasteiger partial charge in [0.15, 0.2) is 0 Å². The van der Waals surface area contributed by atoms with Crippen LogP contribution in [-0.2, 0) is 16.0 Å². The van der Waals surface area contributed by atoms with E-state index in [9.17, 15) is 9.59 Å². The molecular formula is C20H27N3O3. The molecule has 0 aliphatic carbocycles. The third kappa shape index (κ3) is 4.56. The van der Waals surface area contributed by atoms with Crippen molar-refractivity contribution in [3.63, 3.8) is 0 Å². The lowest BCUT2D eigenvalue weighted by atomic mass is 10.0. The van der Waals surface area contributed by atoms with Gasteiger partial charge in [-0.1, -0.05) is 18.2 Å². The number of hydrogen-bond acceptors (Lipinski definition) is 3. The van der Waals surface area contributed by atoms with Gasteiger partial charge in [0.25, 0.3) is 0 Å². The maximum atomic E-state index is 12.4. The monoisotopic (exact) mass is 357 g/mol. The van der Waals surface area contributed by atoms with Gasteiger partial charge in [0.2, 0.25) is 5.91 Å². The van der Waals surface area contributed by atoms with Gasteiger partial charge >= 0.3 is 6.09 Å². The number of aromatic nitrogens is 1. The number of likely N-dealkylation sites (tertiary alicyclic amines) is 1. The zero-order chi connectivity index (χ0) is 18.7. The van der Waals surface area contributed by atoms with Crippen LogP contribution in [0.25, 0.3) is 10.9 Å². The molecule has 1 aliphatic rings. The minimum Gasteiger partial charge on any atom is -0.444 e. The predicted octanol–water partition coefficient (Wildman–Crippen LogP) is 3.23. The third-order valence-corrected chi connectivity index (χ3v) is 4.54. The molecule has 6 heteroatoms. The van der Waals surface area contributed by atoms with Crippen molar-refractivity contribution in [2.75, 3.05) is 13.1 Å². The van der Waals surface area contributed by atoms with E-state index in [0.717, 1.165) is 29.3 Å². The molecule has 0 saturated carbocycles. The lowest BCUT2D eigenvalue weighted by molar-refractivity contribution is -0.121. The van der Waals surface area contributed by atoms with Crippen molar-refractivity contribution in [1.82, 2.24) is 15.2 Å². The van der Waals surface area contributed by atoms with Gasteiger partial charge in [-0.2, -0.15) is 0 Å². The highest BCUT2D eigenvalue weighted by atomic mass is 16.6. The highest BCUT2D eigenvalue weighted by Crippen LogP contribution is 2.19. The van der Waals surface area contributed by atoms with Crippen molar-refractivity contribution in [2.24, 2.45) is 0 Å². The quantitative estimate of drug-likeness (QED) is 0.886. The number of carbonyl (C=O) groups excluding carboxylic acids is 2. The largest absolute Gasteiger partial charge is 0.444 e. The molecule has 26 heavy (non-hydrogen) atoms. The predicted molar refractivity (Wildman–Crippen MR) is 101 cm³/mol. The summed E-state index contributed by atoms with van der Waals surface area (Å²) in [4.78, 5) is 29.4. The fourth-order valence-electron chi connectivity index (χ4n) is 3.26. The summed E-state index contributed by atoms with van der Waals surface area (Å²) in [5.74, 6) is 0.0190. The number of fused-ring (bicyclic) bond motifs is 1. The molecule has 2 aromatic rings. The van der Waals surface area contributed by atoms with E-state index in [1.54, 1.807) is 4.90 Å². The fraction of sp³-hybridized carbons (Fsp3) is 0.500. The van der Waals surface area contributed by atoms with E-state index in [1.165, 1.54) is 0 Å². The van der Waals surface area contributed by atoms with Crippen LogP contribution in [0.4, 0.5) is 4.79 Å². The SMILES string of the molecule is CC(C)(C)OC(=O)N1CCC(NC(=O)Cc2c[nH]c3ccccc23)CC1. The van der Waals surface area contributed by atoms with E-state index in [4.69, 9.17) is 4.74 Å². The van der Waals surface area contributed by atoms with Gasteiger partial charge in [-0.25, -0.2) is 4.79 Å².